The van der Waals surface area contributed by atoms with Crippen molar-refractivity contribution < 1.29 is 19.1 Å². The van der Waals surface area contributed by atoms with Crippen LogP contribution in [0, 0.1) is 29.6 Å². The molecule has 1 unspecified atom stereocenters. The highest BCUT2D eigenvalue weighted by Gasteiger charge is 2.43. The number of benzene rings is 1. The Kier molecular flexibility index (Phi) is 6.77. The van der Waals surface area contributed by atoms with Crippen molar-refractivity contribution in [2.75, 3.05) is 6.61 Å². The fourth-order valence-electron chi connectivity index (χ4n) is 2.05. The minimum Gasteiger partial charge on any atom is -0.465 e. The van der Waals surface area contributed by atoms with E-state index in [0.717, 1.165) is 0 Å². The number of aldehydes is 1. The Morgan fingerprint density at radius 3 is 2.57 bits per heavy atom. The van der Waals surface area contributed by atoms with Gasteiger partial charge in [-0.1, -0.05) is 30.0 Å². The van der Waals surface area contributed by atoms with Crippen molar-refractivity contribution in [1.29, 1.82) is 0 Å². The van der Waals surface area contributed by atoms with Crippen LogP contribution in [0.15, 0.2) is 24.3 Å². The Morgan fingerprint density at radius 1 is 1.30 bits per heavy atom. The Hall–Kier alpha value is -2.85. The van der Waals surface area contributed by atoms with Gasteiger partial charge in [0.2, 0.25) is 0 Å². The first-order valence-corrected chi connectivity index (χ1v) is 7.16. The molecule has 0 fully saturated rings. The third-order valence-corrected chi connectivity index (χ3v) is 3.44. The first kappa shape index (κ1) is 18.2. The third kappa shape index (κ3) is 4.31. The normalized spacial score (nSPS) is 12.0. The van der Waals surface area contributed by atoms with Crippen LogP contribution in [0.5, 0.6) is 0 Å². The van der Waals surface area contributed by atoms with Crippen molar-refractivity contribution in [3.05, 3.63) is 35.4 Å². The van der Waals surface area contributed by atoms with Crippen LogP contribution in [0.4, 0.5) is 0 Å². The molecule has 0 aromatic heterocycles. The summed E-state index contributed by atoms with van der Waals surface area (Å²) in [5.41, 5.74) is -0.487. The Bertz CT molecular complexity index is 700. The van der Waals surface area contributed by atoms with Crippen LogP contribution in [0.3, 0.4) is 0 Å². The second-order valence-corrected chi connectivity index (χ2v) is 4.92. The number of carbonyl (C=O) groups excluding carboxylic acids is 3. The number of carbonyl (C=O) groups is 3. The molecule has 4 nitrogen and oxygen atoms in total. The molecule has 0 aliphatic carbocycles. The zero-order valence-corrected chi connectivity index (χ0v) is 13.2. The first-order chi connectivity index (χ1) is 11.0. The van der Waals surface area contributed by atoms with E-state index in [1.165, 1.54) is 6.92 Å². The molecule has 23 heavy (non-hydrogen) atoms. The molecule has 1 aromatic rings. The highest BCUT2D eigenvalue weighted by molar-refractivity contribution is 6.03. The highest BCUT2D eigenvalue weighted by atomic mass is 16.5. The molecule has 118 valence electrons. The maximum atomic E-state index is 12.2. The maximum absolute atomic E-state index is 12.2. The number of hydrogen-bond donors (Lipinski definition) is 0. The van der Waals surface area contributed by atoms with Crippen molar-refractivity contribution in [3.63, 3.8) is 0 Å². The summed E-state index contributed by atoms with van der Waals surface area (Å²) >= 11 is 0. The molecule has 0 heterocycles. The van der Waals surface area contributed by atoms with Crippen molar-refractivity contribution >= 4 is 18.0 Å². The maximum Gasteiger partial charge on any atom is 0.321 e. The average molecular weight is 310 g/mol. The van der Waals surface area contributed by atoms with Crippen LogP contribution < -0.4 is 0 Å². The minimum absolute atomic E-state index is 0.0570. The topological polar surface area (TPSA) is 60.4 Å². The molecule has 0 amide bonds. The smallest absolute Gasteiger partial charge is 0.321 e. The standard InChI is InChI=1S/C19H18O4/c1-4-12-19(15(3)21,18(22)23-5-2)13-8-11-16-9-6-7-10-17(16)14-20/h1,6-7,9-10,14H,5,12-13H2,2-3H3. The molecule has 1 aromatic carbocycles. The monoisotopic (exact) mass is 310 g/mol. The van der Waals surface area contributed by atoms with Crippen molar-refractivity contribution in [3.8, 4) is 24.2 Å². The Labute approximate surface area is 136 Å². The lowest BCUT2D eigenvalue weighted by atomic mass is 9.78. The molecule has 0 N–H and O–H groups in total. The molecule has 1 atom stereocenters. The molecule has 0 aliphatic rings. The van der Waals surface area contributed by atoms with Gasteiger partial charge >= 0.3 is 5.97 Å². The highest BCUT2D eigenvalue weighted by Crippen LogP contribution is 2.29. The van der Waals surface area contributed by atoms with Crippen LogP contribution in [0.25, 0.3) is 0 Å². The lowest BCUT2D eigenvalue weighted by Gasteiger charge is -2.24. The summed E-state index contributed by atoms with van der Waals surface area (Å²) in [4.78, 5) is 35.2. The van der Waals surface area contributed by atoms with Crippen LogP contribution in [0.2, 0.25) is 0 Å². The van der Waals surface area contributed by atoms with Gasteiger partial charge in [-0.3, -0.25) is 14.4 Å². The second kappa shape index (κ2) is 8.56. The van der Waals surface area contributed by atoms with E-state index in [9.17, 15) is 14.4 Å². The number of terminal acetylenes is 1. The van der Waals surface area contributed by atoms with Gasteiger partial charge in [0.1, 0.15) is 11.2 Å². The minimum atomic E-state index is -1.46. The summed E-state index contributed by atoms with van der Waals surface area (Å²) in [6.07, 6.45) is 5.88. The van der Waals surface area contributed by atoms with E-state index < -0.39 is 11.4 Å². The molecule has 0 radical (unpaired) electrons. The van der Waals surface area contributed by atoms with Gasteiger partial charge in [0.25, 0.3) is 0 Å². The van der Waals surface area contributed by atoms with E-state index in [4.69, 9.17) is 11.2 Å². The zero-order chi connectivity index (χ0) is 17.3. The van der Waals surface area contributed by atoms with Gasteiger partial charge in [-0.05, 0) is 19.9 Å². The van der Waals surface area contributed by atoms with E-state index in [2.05, 4.69) is 17.8 Å². The predicted octanol–water partition coefficient (Wildman–Crippen LogP) is 2.40. The summed E-state index contributed by atoms with van der Waals surface area (Å²) in [5.74, 6) is 6.93. The first-order valence-electron chi connectivity index (χ1n) is 7.16. The number of ketones is 1. The van der Waals surface area contributed by atoms with Gasteiger partial charge in [0.05, 0.1) is 6.61 Å². The average Bonchev–Trinajstić information content (AvgIpc) is 2.54. The van der Waals surface area contributed by atoms with Gasteiger partial charge in [0, 0.05) is 24.0 Å². The molecule has 0 saturated heterocycles. The Morgan fingerprint density at radius 2 is 2.00 bits per heavy atom. The zero-order valence-electron chi connectivity index (χ0n) is 13.2. The summed E-state index contributed by atoms with van der Waals surface area (Å²) < 4.78 is 4.99. The van der Waals surface area contributed by atoms with E-state index in [1.807, 2.05) is 0 Å². The van der Waals surface area contributed by atoms with Gasteiger partial charge in [-0.15, -0.1) is 12.3 Å². The third-order valence-electron chi connectivity index (χ3n) is 3.44. The van der Waals surface area contributed by atoms with Crippen molar-refractivity contribution in [1.82, 2.24) is 0 Å². The van der Waals surface area contributed by atoms with Crippen LogP contribution in [-0.2, 0) is 14.3 Å². The summed E-state index contributed by atoms with van der Waals surface area (Å²) in [7, 11) is 0. The lowest BCUT2D eigenvalue weighted by molar-refractivity contribution is -0.159. The molecule has 1 rings (SSSR count). The van der Waals surface area contributed by atoms with Crippen molar-refractivity contribution in [2.24, 2.45) is 5.41 Å². The fourth-order valence-corrected chi connectivity index (χ4v) is 2.05. The van der Waals surface area contributed by atoms with Gasteiger partial charge < -0.3 is 4.74 Å². The van der Waals surface area contributed by atoms with Crippen LogP contribution >= 0.6 is 0 Å². The van der Waals surface area contributed by atoms with E-state index in [0.29, 0.717) is 17.4 Å². The van der Waals surface area contributed by atoms with E-state index >= 15 is 0 Å². The van der Waals surface area contributed by atoms with Crippen LogP contribution in [-0.4, -0.2) is 24.6 Å². The van der Waals surface area contributed by atoms with Gasteiger partial charge in [-0.2, -0.15) is 0 Å². The molecule has 4 heteroatoms. The number of esters is 1. The summed E-state index contributed by atoms with van der Waals surface area (Å²) in [6.45, 7) is 3.11. The second-order valence-electron chi connectivity index (χ2n) is 4.92. The fraction of sp³-hybridized carbons (Fsp3) is 0.316. The molecule has 0 aliphatic heterocycles. The number of ether oxygens (including phenoxy) is 1. The summed E-state index contributed by atoms with van der Waals surface area (Å²) in [5, 5.41) is 0. The number of hydrogen-bond acceptors (Lipinski definition) is 4. The van der Waals surface area contributed by atoms with Crippen LogP contribution in [0.1, 0.15) is 42.6 Å². The van der Waals surface area contributed by atoms with E-state index in [1.54, 1.807) is 31.2 Å². The lowest BCUT2D eigenvalue weighted by Crippen LogP contribution is -2.39. The summed E-state index contributed by atoms with van der Waals surface area (Å²) in [6, 6.07) is 6.81. The van der Waals surface area contributed by atoms with Crippen molar-refractivity contribution in [2.45, 2.75) is 26.7 Å². The Balaban J connectivity index is 3.15. The molecular formula is C19H18O4. The predicted molar refractivity (Wildman–Crippen MR) is 86.5 cm³/mol. The molecular weight excluding hydrogens is 292 g/mol. The number of Topliss-reactive ketones (excluding diaryl/α,β-unsaturated/α-hetero) is 1. The van der Waals surface area contributed by atoms with Gasteiger partial charge in [-0.25, -0.2) is 0 Å². The largest absolute Gasteiger partial charge is 0.465 e. The number of rotatable bonds is 6. The molecule has 0 bridgehead atoms. The quantitative estimate of drug-likeness (QED) is 0.350. The molecule has 0 saturated carbocycles. The SMILES string of the molecule is C#CCC(CC#Cc1ccccc1C=O)(C(C)=O)C(=O)OCC. The van der Waals surface area contributed by atoms with Gasteiger partial charge in [0.15, 0.2) is 6.29 Å². The molecule has 0 spiro atoms. The van der Waals surface area contributed by atoms with E-state index in [-0.39, 0.29) is 25.2 Å².